The number of rotatable bonds is 5. The van der Waals surface area contributed by atoms with Gasteiger partial charge in [0.05, 0.1) is 22.6 Å². The van der Waals surface area contributed by atoms with Gasteiger partial charge in [0, 0.05) is 35.6 Å². The third-order valence-corrected chi connectivity index (χ3v) is 8.78. The quantitative estimate of drug-likeness (QED) is 0.369. The molecule has 0 radical (unpaired) electrons. The number of carbonyl (C=O) groups excluding carboxylic acids is 1. The number of nitrogens with one attached hydrogen (secondary N) is 1. The molecular formula is C28H25F3N6O2S. The Bertz CT molecular complexity index is 1660. The second-order valence-corrected chi connectivity index (χ2v) is 11.4. The zero-order valence-electron chi connectivity index (χ0n) is 21.4. The van der Waals surface area contributed by atoms with Crippen molar-refractivity contribution in [3.8, 4) is 27.6 Å². The number of aliphatic hydroxyl groups is 1. The van der Waals surface area contributed by atoms with E-state index in [0.717, 1.165) is 36.8 Å². The Kier molecular flexibility index (Phi) is 6.82. The van der Waals surface area contributed by atoms with Gasteiger partial charge >= 0.3 is 0 Å². The Labute approximate surface area is 231 Å². The van der Waals surface area contributed by atoms with Crippen LogP contribution < -0.4 is 5.32 Å². The van der Waals surface area contributed by atoms with Crippen LogP contribution in [-0.4, -0.2) is 62.7 Å². The van der Waals surface area contributed by atoms with Crippen LogP contribution in [0.25, 0.3) is 32.6 Å². The molecule has 2 N–H and O–H groups in total. The lowest BCUT2D eigenvalue weighted by atomic mass is 9.80. The van der Waals surface area contributed by atoms with Crippen LogP contribution in [0.15, 0.2) is 30.3 Å². The zero-order chi connectivity index (χ0) is 28.0. The van der Waals surface area contributed by atoms with E-state index in [-0.39, 0.29) is 39.5 Å². The van der Waals surface area contributed by atoms with Crippen LogP contribution in [0.2, 0.25) is 0 Å². The Morgan fingerprint density at radius 2 is 1.93 bits per heavy atom. The van der Waals surface area contributed by atoms with Crippen LogP contribution in [0.4, 0.5) is 13.2 Å². The lowest BCUT2D eigenvalue weighted by Crippen LogP contribution is -2.41. The van der Waals surface area contributed by atoms with E-state index in [9.17, 15) is 14.3 Å². The third kappa shape index (κ3) is 4.64. The Morgan fingerprint density at radius 3 is 2.65 bits per heavy atom. The Hall–Kier alpha value is -3.79. The average Bonchev–Trinajstić information content (AvgIpc) is 3.44. The molecule has 3 heterocycles. The summed E-state index contributed by atoms with van der Waals surface area (Å²) in [6, 6.07) is 8.67. The summed E-state index contributed by atoms with van der Waals surface area (Å²) in [4.78, 5) is 15.7. The van der Waals surface area contributed by atoms with Crippen LogP contribution in [0.1, 0.15) is 40.9 Å². The lowest BCUT2D eigenvalue weighted by molar-refractivity contribution is -0.0493. The number of fused-ring (bicyclic) bond motifs is 1. The minimum atomic E-state index is -1.17. The minimum Gasteiger partial charge on any atom is -0.388 e. The topological polar surface area (TPSA) is 107 Å². The molecule has 6 rings (SSSR count). The van der Waals surface area contributed by atoms with Crippen molar-refractivity contribution in [3.05, 3.63) is 58.2 Å². The van der Waals surface area contributed by atoms with Gasteiger partial charge in [0.15, 0.2) is 11.6 Å². The third-order valence-electron chi connectivity index (χ3n) is 7.62. The highest BCUT2D eigenvalue weighted by atomic mass is 32.1. The van der Waals surface area contributed by atoms with Gasteiger partial charge in [-0.1, -0.05) is 11.3 Å². The average molecular weight is 567 g/mol. The first-order chi connectivity index (χ1) is 19.3. The van der Waals surface area contributed by atoms with Gasteiger partial charge in [0.1, 0.15) is 22.9 Å². The molecule has 1 saturated heterocycles. The number of hydrogen-bond donors (Lipinski definition) is 2. The summed E-state index contributed by atoms with van der Waals surface area (Å²) in [5, 5.41) is 30.9. The summed E-state index contributed by atoms with van der Waals surface area (Å²) in [6.07, 6.45) is 2.70. The van der Waals surface area contributed by atoms with Crippen LogP contribution in [-0.2, 0) is 6.54 Å². The molecule has 2 aromatic heterocycles. The van der Waals surface area contributed by atoms with Crippen molar-refractivity contribution in [2.45, 2.75) is 37.8 Å². The van der Waals surface area contributed by atoms with E-state index >= 15 is 8.78 Å². The highest BCUT2D eigenvalue weighted by molar-refractivity contribution is 7.18. The molecule has 1 aliphatic heterocycles. The lowest BCUT2D eigenvalue weighted by Gasteiger charge is -2.36. The first-order valence-corrected chi connectivity index (χ1v) is 13.9. The number of halogens is 3. The highest BCUT2D eigenvalue weighted by Crippen LogP contribution is 2.43. The molecule has 1 aliphatic carbocycles. The fraction of sp³-hybridized carbons (Fsp3) is 0.357. The molecule has 8 nitrogen and oxygen atoms in total. The molecule has 1 saturated carbocycles. The van der Waals surface area contributed by atoms with Crippen molar-refractivity contribution in [1.82, 2.24) is 25.2 Å². The highest BCUT2D eigenvalue weighted by Gasteiger charge is 2.36. The zero-order valence-corrected chi connectivity index (χ0v) is 22.2. The summed E-state index contributed by atoms with van der Waals surface area (Å²) < 4.78 is 47.2. The van der Waals surface area contributed by atoms with Gasteiger partial charge in [-0.15, -0.1) is 16.4 Å². The van der Waals surface area contributed by atoms with E-state index in [1.807, 2.05) is 0 Å². The fourth-order valence-electron chi connectivity index (χ4n) is 5.26. The Balaban J connectivity index is 1.48. The van der Waals surface area contributed by atoms with Crippen molar-refractivity contribution < 1.29 is 23.1 Å². The predicted octanol–water partition coefficient (Wildman–Crippen LogP) is 4.47. The number of carbonyl (C=O) groups is 1. The monoisotopic (exact) mass is 566 g/mol. The molecule has 2 fully saturated rings. The van der Waals surface area contributed by atoms with Gasteiger partial charge < -0.3 is 15.3 Å². The second kappa shape index (κ2) is 10.3. The molecule has 2 aromatic carbocycles. The smallest absolute Gasteiger partial charge is 0.264 e. The molecule has 0 unspecified atom stereocenters. The predicted molar refractivity (Wildman–Crippen MR) is 143 cm³/mol. The van der Waals surface area contributed by atoms with Gasteiger partial charge in [-0.3, -0.25) is 4.79 Å². The second-order valence-electron chi connectivity index (χ2n) is 10.3. The number of aromatic nitrogens is 3. The van der Waals surface area contributed by atoms with E-state index in [4.69, 9.17) is 5.26 Å². The van der Waals surface area contributed by atoms with Crippen LogP contribution in [0.5, 0.6) is 0 Å². The number of benzene rings is 2. The molecule has 2 aliphatic rings. The van der Waals surface area contributed by atoms with E-state index < -0.39 is 23.1 Å². The van der Waals surface area contributed by atoms with Crippen molar-refractivity contribution >= 4 is 28.3 Å². The molecule has 0 bridgehead atoms. The van der Waals surface area contributed by atoms with E-state index in [2.05, 4.69) is 15.6 Å². The number of hydrogen-bond acceptors (Lipinski definition) is 7. The summed E-state index contributed by atoms with van der Waals surface area (Å²) in [5.41, 5.74) is -0.737. The normalized spacial score (nSPS) is 16.9. The SMILES string of the molecule is N#Cc1ccc(-c2cc(C(=O)N3CCCNCC3)sc2-c2cc3nnn(CC4(O)CCC4)c3c(F)c2F)cc1F. The standard InChI is InChI=1S/C28H25F3N6O2S/c29-20-11-16(3-4-17(20)14-32)18-13-22(27(38)36-9-2-7-33-8-10-36)40-26(18)19-12-21-25(24(31)23(19)30)37(35-34-21)15-28(39)5-1-6-28/h3-4,11-13,33,39H,1-2,5-10,15H2. The molecule has 0 atom stereocenters. The summed E-state index contributed by atoms with van der Waals surface area (Å²) >= 11 is 0.992. The number of amides is 1. The maximum absolute atomic E-state index is 15.8. The van der Waals surface area contributed by atoms with Crippen LogP contribution in [0, 0.1) is 28.8 Å². The molecule has 206 valence electrons. The van der Waals surface area contributed by atoms with Gasteiger partial charge in [-0.2, -0.15) is 5.26 Å². The number of thiophene rings is 1. The maximum atomic E-state index is 15.8. The van der Waals surface area contributed by atoms with Crippen molar-refractivity contribution in [3.63, 3.8) is 0 Å². The molecule has 0 spiro atoms. The molecular weight excluding hydrogens is 541 g/mol. The number of nitriles is 1. The first-order valence-electron chi connectivity index (χ1n) is 13.1. The summed E-state index contributed by atoms with van der Waals surface area (Å²) in [7, 11) is 0. The summed E-state index contributed by atoms with van der Waals surface area (Å²) in [6.45, 7) is 2.47. The fourth-order valence-corrected chi connectivity index (χ4v) is 6.42. The van der Waals surface area contributed by atoms with Crippen molar-refractivity contribution in [1.29, 1.82) is 5.26 Å². The Morgan fingerprint density at radius 1 is 1.10 bits per heavy atom. The van der Waals surface area contributed by atoms with Crippen molar-refractivity contribution in [2.24, 2.45) is 0 Å². The van der Waals surface area contributed by atoms with E-state index in [1.165, 1.54) is 22.9 Å². The molecule has 12 heteroatoms. The van der Waals surface area contributed by atoms with Crippen LogP contribution >= 0.6 is 11.3 Å². The number of nitrogens with zero attached hydrogens (tertiary/aromatic N) is 5. The summed E-state index contributed by atoms with van der Waals surface area (Å²) in [5.74, 6) is -3.34. The maximum Gasteiger partial charge on any atom is 0.264 e. The van der Waals surface area contributed by atoms with E-state index in [0.29, 0.717) is 48.5 Å². The largest absolute Gasteiger partial charge is 0.388 e. The van der Waals surface area contributed by atoms with Gasteiger partial charge in [-0.05, 0) is 62.1 Å². The van der Waals surface area contributed by atoms with E-state index in [1.54, 1.807) is 17.0 Å². The molecule has 1 amide bonds. The molecule has 4 aromatic rings. The minimum absolute atomic E-state index is 0.00266. The molecule has 40 heavy (non-hydrogen) atoms. The first kappa shape index (κ1) is 26.4. The van der Waals surface area contributed by atoms with Gasteiger partial charge in [0.25, 0.3) is 5.91 Å². The van der Waals surface area contributed by atoms with Gasteiger partial charge in [-0.25, -0.2) is 17.9 Å². The van der Waals surface area contributed by atoms with Crippen molar-refractivity contribution in [2.75, 3.05) is 26.2 Å². The van der Waals surface area contributed by atoms with Crippen LogP contribution in [0.3, 0.4) is 0 Å². The van der Waals surface area contributed by atoms with Gasteiger partial charge in [0.2, 0.25) is 0 Å².